The molecule has 2 aromatic rings. The summed E-state index contributed by atoms with van der Waals surface area (Å²) in [6.07, 6.45) is -4.00. The zero-order valence-electron chi connectivity index (χ0n) is 16.4. The number of carbonyl (C=O) groups is 2. The summed E-state index contributed by atoms with van der Waals surface area (Å²) in [7, 11) is 2.62. The Hall–Kier alpha value is -3.07. The van der Waals surface area contributed by atoms with E-state index >= 15 is 0 Å². The topological polar surface area (TPSA) is 67.9 Å². The molecule has 30 heavy (non-hydrogen) atoms. The predicted octanol–water partition coefficient (Wildman–Crippen LogP) is 3.53. The van der Waals surface area contributed by atoms with Crippen molar-refractivity contribution < 1.29 is 32.3 Å². The molecule has 1 heterocycles. The van der Waals surface area contributed by atoms with Gasteiger partial charge in [-0.05, 0) is 48.4 Å². The molecule has 1 fully saturated rings. The smallest absolute Gasteiger partial charge is 0.416 e. The Bertz CT molecular complexity index is 898. The second-order valence-corrected chi connectivity index (χ2v) is 6.93. The summed E-state index contributed by atoms with van der Waals surface area (Å²) in [6.45, 7) is 0.421. The lowest BCUT2D eigenvalue weighted by Gasteiger charge is -2.25. The first-order chi connectivity index (χ1) is 14.2. The molecule has 0 aromatic heterocycles. The number of halogens is 3. The van der Waals surface area contributed by atoms with Crippen LogP contribution in [0.3, 0.4) is 0 Å². The first-order valence-electron chi connectivity index (χ1n) is 9.19. The van der Waals surface area contributed by atoms with E-state index in [0.29, 0.717) is 29.8 Å². The highest BCUT2D eigenvalue weighted by Gasteiger charge is 2.38. The molecule has 3 rings (SSSR count). The van der Waals surface area contributed by atoms with Gasteiger partial charge < -0.3 is 9.64 Å². The zero-order chi connectivity index (χ0) is 21.9. The van der Waals surface area contributed by atoms with Crippen molar-refractivity contribution in [3.8, 4) is 0 Å². The first kappa shape index (κ1) is 21.6. The summed E-state index contributed by atoms with van der Waals surface area (Å²) < 4.78 is 43.2. The van der Waals surface area contributed by atoms with Crippen LogP contribution in [-0.2, 0) is 20.5 Å². The summed E-state index contributed by atoms with van der Waals surface area (Å²) >= 11 is 0. The van der Waals surface area contributed by atoms with E-state index < -0.39 is 23.8 Å². The van der Waals surface area contributed by atoms with E-state index in [4.69, 9.17) is 4.84 Å². The summed E-state index contributed by atoms with van der Waals surface area (Å²) in [4.78, 5) is 30.7. The number of rotatable bonds is 5. The Morgan fingerprint density at radius 3 is 2.20 bits per heavy atom. The molecule has 1 N–H and O–H groups in total. The molecule has 160 valence electrons. The number of carbonyl (C=O) groups excluding carboxylic acids is 2. The second kappa shape index (κ2) is 8.74. The van der Waals surface area contributed by atoms with E-state index in [-0.39, 0.29) is 11.8 Å². The predicted molar refractivity (Wildman–Crippen MR) is 103 cm³/mol. The number of methoxy groups -OCH3 is 1. The SMILES string of the molecule is CONC(=O)[C@@H]1CC(c2ccc(C(F)(F)F)cc2)CN1c1ccc(C(=O)OC)cc1. The van der Waals surface area contributed by atoms with Crippen LogP contribution in [-0.4, -0.2) is 38.7 Å². The van der Waals surface area contributed by atoms with E-state index in [0.717, 1.165) is 12.1 Å². The Labute approximate surface area is 171 Å². The highest BCUT2D eigenvalue weighted by atomic mass is 19.4. The lowest BCUT2D eigenvalue weighted by Crippen LogP contribution is -2.43. The van der Waals surface area contributed by atoms with Crippen LogP contribution in [0.4, 0.5) is 18.9 Å². The molecule has 0 radical (unpaired) electrons. The van der Waals surface area contributed by atoms with Crippen LogP contribution in [0, 0.1) is 0 Å². The van der Waals surface area contributed by atoms with Crippen molar-refractivity contribution in [1.82, 2.24) is 5.48 Å². The normalized spacial score (nSPS) is 18.9. The molecule has 1 saturated heterocycles. The number of alkyl halides is 3. The Kier molecular flexibility index (Phi) is 6.31. The average Bonchev–Trinajstić information content (AvgIpc) is 3.18. The van der Waals surface area contributed by atoms with Gasteiger partial charge in [0.25, 0.3) is 5.91 Å². The summed E-state index contributed by atoms with van der Waals surface area (Å²) in [5.74, 6) is -0.983. The maximum absolute atomic E-state index is 12.8. The van der Waals surface area contributed by atoms with Crippen LogP contribution >= 0.6 is 0 Å². The van der Waals surface area contributed by atoms with Gasteiger partial charge in [0.15, 0.2) is 0 Å². The van der Waals surface area contributed by atoms with E-state index in [1.54, 1.807) is 24.3 Å². The van der Waals surface area contributed by atoms with Gasteiger partial charge >= 0.3 is 12.1 Å². The van der Waals surface area contributed by atoms with Crippen LogP contribution < -0.4 is 10.4 Å². The van der Waals surface area contributed by atoms with E-state index in [1.165, 1.54) is 26.4 Å². The Balaban J connectivity index is 1.86. The number of nitrogens with zero attached hydrogens (tertiary/aromatic N) is 1. The van der Waals surface area contributed by atoms with Crippen molar-refractivity contribution in [2.75, 3.05) is 25.7 Å². The van der Waals surface area contributed by atoms with Crippen molar-refractivity contribution >= 4 is 17.6 Å². The third kappa shape index (κ3) is 4.56. The minimum atomic E-state index is -4.40. The molecule has 0 spiro atoms. The molecular formula is C21H21F3N2O4. The maximum atomic E-state index is 12.8. The minimum Gasteiger partial charge on any atom is -0.465 e. The van der Waals surface area contributed by atoms with Crippen LogP contribution in [0.15, 0.2) is 48.5 Å². The number of ether oxygens (including phenoxy) is 1. The van der Waals surface area contributed by atoms with Gasteiger partial charge in [0.1, 0.15) is 6.04 Å². The van der Waals surface area contributed by atoms with Crippen molar-refractivity contribution in [2.45, 2.75) is 24.6 Å². The molecule has 1 aliphatic heterocycles. The fourth-order valence-corrected chi connectivity index (χ4v) is 3.63. The number of hydrogen-bond acceptors (Lipinski definition) is 5. The molecule has 0 bridgehead atoms. The van der Waals surface area contributed by atoms with Gasteiger partial charge in [0.05, 0.1) is 25.3 Å². The Morgan fingerprint density at radius 1 is 1.03 bits per heavy atom. The van der Waals surface area contributed by atoms with Crippen LogP contribution in [0.5, 0.6) is 0 Å². The number of amides is 1. The third-order valence-electron chi connectivity index (χ3n) is 5.14. The van der Waals surface area contributed by atoms with Gasteiger partial charge in [-0.2, -0.15) is 13.2 Å². The van der Waals surface area contributed by atoms with Crippen molar-refractivity contribution in [2.24, 2.45) is 0 Å². The number of anilines is 1. The van der Waals surface area contributed by atoms with E-state index in [1.807, 2.05) is 4.90 Å². The summed E-state index contributed by atoms with van der Waals surface area (Å²) in [5, 5.41) is 0. The van der Waals surface area contributed by atoms with Crippen molar-refractivity contribution in [3.63, 3.8) is 0 Å². The van der Waals surface area contributed by atoms with Crippen LogP contribution in [0.25, 0.3) is 0 Å². The van der Waals surface area contributed by atoms with Gasteiger partial charge in [0, 0.05) is 18.2 Å². The fraction of sp³-hybridized carbons (Fsp3) is 0.333. The number of esters is 1. The van der Waals surface area contributed by atoms with Crippen LogP contribution in [0.1, 0.15) is 33.8 Å². The zero-order valence-corrected chi connectivity index (χ0v) is 16.4. The number of hydrogen-bond donors (Lipinski definition) is 1. The molecule has 1 amide bonds. The van der Waals surface area contributed by atoms with Gasteiger partial charge in [-0.25, -0.2) is 10.3 Å². The number of nitrogens with one attached hydrogen (secondary N) is 1. The number of benzene rings is 2. The lowest BCUT2D eigenvalue weighted by atomic mass is 9.95. The molecule has 1 aliphatic rings. The Morgan fingerprint density at radius 2 is 1.67 bits per heavy atom. The second-order valence-electron chi connectivity index (χ2n) is 6.93. The van der Waals surface area contributed by atoms with Crippen LogP contribution in [0.2, 0.25) is 0 Å². The van der Waals surface area contributed by atoms with Crippen molar-refractivity contribution in [3.05, 3.63) is 65.2 Å². The van der Waals surface area contributed by atoms with Gasteiger partial charge in [0.2, 0.25) is 0 Å². The molecule has 9 heteroatoms. The molecule has 1 unspecified atom stereocenters. The van der Waals surface area contributed by atoms with E-state index in [2.05, 4.69) is 10.2 Å². The molecule has 0 saturated carbocycles. The lowest BCUT2D eigenvalue weighted by molar-refractivity contribution is -0.137. The highest BCUT2D eigenvalue weighted by Crippen LogP contribution is 2.37. The van der Waals surface area contributed by atoms with Gasteiger partial charge in [-0.3, -0.25) is 9.63 Å². The highest BCUT2D eigenvalue weighted by molar-refractivity contribution is 5.90. The monoisotopic (exact) mass is 422 g/mol. The molecule has 6 nitrogen and oxygen atoms in total. The first-order valence-corrected chi connectivity index (χ1v) is 9.19. The average molecular weight is 422 g/mol. The van der Waals surface area contributed by atoms with Gasteiger partial charge in [-0.1, -0.05) is 12.1 Å². The minimum absolute atomic E-state index is 0.153. The molecule has 2 aromatic carbocycles. The maximum Gasteiger partial charge on any atom is 0.416 e. The standard InChI is InChI=1S/C21H21F3N2O4/c1-29-20(28)14-5-9-17(10-6-14)26-12-15(11-18(26)19(27)25-30-2)13-3-7-16(8-4-13)21(22,23)24/h3-10,15,18H,11-12H2,1-2H3,(H,25,27)/t15?,18-/m0/s1. The summed E-state index contributed by atoms with van der Waals surface area (Å²) in [6, 6.07) is 11.0. The largest absolute Gasteiger partial charge is 0.465 e. The molecular weight excluding hydrogens is 401 g/mol. The van der Waals surface area contributed by atoms with Gasteiger partial charge in [-0.15, -0.1) is 0 Å². The fourth-order valence-electron chi connectivity index (χ4n) is 3.63. The third-order valence-corrected chi connectivity index (χ3v) is 5.14. The quantitative estimate of drug-likeness (QED) is 0.590. The molecule has 0 aliphatic carbocycles. The van der Waals surface area contributed by atoms with Crippen molar-refractivity contribution in [1.29, 1.82) is 0 Å². The number of hydroxylamine groups is 1. The van der Waals surface area contributed by atoms with E-state index in [9.17, 15) is 22.8 Å². The molecule has 2 atom stereocenters. The summed E-state index contributed by atoms with van der Waals surface area (Å²) in [5.41, 5.74) is 3.40.